The first kappa shape index (κ1) is 21.2. The molecule has 2 aromatic carbocycles. The molecule has 2 aromatic rings. The molecule has 7 nitrogen and oxygen atoms in total. The van der Waals surface area contributed by atoms with Crippen LogP contribution in [0.5, 0.6) is 5.75 Å². The van der Waals surface area contributed by atoms with Crippen molar-refractivity contribution in [1.29, 1.82) is 0 Å². The minimum Gasteiger partial charge on any atom is -0.496 e. The molecule has 0 heterocycles. The molecule has 1 N–H and O–H groups in total. The van der Waals surface area contributed by atoms with Gasteiger partial charge in [-0.3, -0.25) is 4.79 Å². The summed E-state index contributed by atoms with van der Waals surface area (Å²) in [7, 11) is 2.63. The number of methoxy groups -OCH3 is 2. The Hall–Kier alpha value is -3.06. The van der Waals surface area contributed by atoms with Gasteiger partial charge in [-0.2, -0.15) is 0 Å². The van der Waals surface area contributed by atoms with Gasteiger partial charge in [-0.15, -0.1) is 0 Å². The molecule has 0 spiro atoms. The van der Waals surface area contributed by atoms with E-state index < -0.39 is 30.5 Å². The number of hydrogen-bond donors (Lipinski definition) is 1. The fourth-order valence-corrected chi connectivity index (χ4v) is 2.64. The molecule has 148 valence electrons. The number of ether oxygens (including phenoxy) is 3. The summed E-state index contributed by atoms with van der Waals surface area (Å²) in [5, 5.41) is 2.84. The lowest BCUT2D eigenvalue weighted by Crippen LogP contribution is -2.44. The third-order valence-corrected chi connectivity index (χ3v) is 4.05. The standard InChI is InChI=1S/C20H20ClNO6/c1-26-17-9-8-14(21)11-15(17)19(24)28-12-18(23)22-16(20(25)27-2)10-13-6-4-3-5-7-13/h3-9,11,16H,10,12H2,1-2H3,(H,22,23)/t16-/m0/s1. The van der Waals surface area contributed by atoms with Crippen molar-refractivity contribution < 1.29 is 28.6 Å². The molecule has 8 heteroatoms. The summed E-state index contributed by atoms with van der Waals surface area (Å²) in [5.74, 6) is -1.74. The maximum atomic E-state index is 12.2. The van der Waals surface area contributed by atoms with Crippen LogP contribution in [0.15, 0.2) is 48.5 Å². The highest BCUT2D eigenvalue weighted by Crippen LogP contribution is 2.23. The third-order valence-electron chi connectivity index (χ3n) is 3.82. The Kier molecular flexibility index (Phi) is 7.83. The number of carbonyl (C=O) groups excluding carboxylic acids is 3. The number of hydrogen-bond acceptors (Lipinski definition) is 6. The molecule has 1 atom stereocenters. The first-order chi connectivity index (χ1) is 13.4. The Bertz CT molecular complexity index is 840. The number of esters is 2. The van der Waals surface area contributed by atoms with E-state index >= 15 is 0 Å². The zero-order valence-corrected chi connectivity index (χ0v) is 16.2. The monoisotopic (exact) mass is 405 g/mol. The van der Waals surface area contributed by atoms with Crippen LogP contribution in [0.1, 0.15) is 15.9 Å². The van der Waals surface area contributed by atoms with Crippen LogP contribution in [0.3, 0.4) is 0 Å². The summed E-state index contributed by atoms with van der Waals surface area (Å²) >= 11 is 5.88. The fraction of sp³-hybridized carbons (Fsp3) is 0.250. The van der Waals surface area contributed by atoms with E-state index in [1.807, 2.05) is 30.3 Å². The molecule has 0 radical (unpaired) electrons. The van der Waals surface area contributed by atoms with E-state index in [0.717, 1.165) is 5.56 Å². The molecule has 0 aliphatic heterocycles. The Labute approximate surface area is 167 Å². The number of amides is 1. The molecular weight excluding hydrogens is 386 g/mol. The van der Waals surface area contributed by atoms with Crippen molar-refractivity contribution in [2.75, 3.05) is 20.8 Å². The first-order valence-electron chi connectivity index (χ1n) is 8.36. The molecule has 0 aromatic heterocycles. The lowest BCUT2D eigenvalue weighted by atomic mass is 10.1. The number of benzene rings is 2. The van der Waals surface area contributed by atoms with Crippen LogP contribution in [0.2, 0.25) is 5.02 Å². The van der Waals surface area contributed by atoms with E-state index in [0.29, 0.717) is 5.02 Å². The van der Waals surface area contributed by atoms with Crippen molar-refractivity contribution in [2.24, 2.45) is 0 Å². The molecule has 28 heavy (non-hydrogen) atoms. The minimum absolute atomic E-state index is 0.0941. The maximum absolute atomic E-state index is 12.2. The van der Waals surface area contributed by atoms with Crippen molar-refractivity contribution in [3.63, 3.8) is 0 Å². The topological polar surface area (TPSA) is 90.9 Å². The van der Waals surface area contributed by atoms with Gasteiger partial charge in [-0.25, -0.2) is 9.59 Å². The fourth-order valence-electron chi connectivity index (χ4n) is 2.47. The first-order valence-corrected chi connectivity index (χ1v) is 8.74. The minimum atomic E-state index is -0.903. The summed E-state index contributed by atoms with van der Waals surface area (Å²) in [5.41, 5.74) is 0.940. The van der Waals surface area contributed by atoms with E-state index in [-0.39, 0.29) is 17.7 Å². The Morgan fingerprint density at radius 3 is 2.43 bits per heavy atom. The van der Waals surface area contributed by atoms with Gasteiger partial charge >= 0.3 is 11.9 Å². The van der Waals surface area contributed by atoms with E-state index in [4.69, 9.17) is 25.8 Å². The van der Waals surface area contributed by atoms with Crippen LogP contribution in [0.25, 0.3) is 0 Å². The quantitative estimate of drug-likeness (QED) is 0.678. The summed E-state index contributed by atoms with van der Waals surface area (Å²) in [6.45, 7) is -0.573. The van der Waals surface area contributed by atoms with Gasteiger partial charge in [-0.05, 0) is 23.8 Å². The van der Waals surface area contributed by atoms with Gasteiger partial charge in [0.1, 0.15) is 17.4 Å². The van der Waals surface area contributed by atoms with Crippen LogP contribution in [0.4, 0.5) is 0 Å². The summed E-state index contributed by atoms with van der Waals surface area (Å²) < 4.78 is 14.8. The Balaban J connectivity index is 1.98. The van der Waals surface area contributed by atoms with E-state index in [1.165, 1.54) is 26.4 Å². The normalized spacial score (nSPS) is 11.2. The smallest absolute Gasteiger partial charge is 0.342 e. The molecule has 0 aliphatic rings. The second-order valence-corrected chi connectivity index (χ2v) is 6.19. The van der Waals surface area contributed by atoms with Gasteiger partial charge < -0.3 is 19.5 Å². The van der Waals surface area contributed by atoms with E-state index in [1.54, 1.807) is 6.07 Å². The van der Waals surface area contributed by atoms with Crippen LogP contribution in [0, 0.1) is 0 Å². The molecule has 0 saturated heterocycles. The predicted molar refractivity (Wildman–Crippen MR) is 102 cm³/mol. The van der Waals surface area contributed by atoms with Crippen molar-refractivity contribution in [3.8, 4) is 5.75 Å². The van der Waals surface area contributed by atoms with Gasteiger partial charge in [0.25, 0.3) is 5.91 Å². The molecule has 0 saturated carbocycles. The van der Waals surface area contributed by atoms with Gasteiger partial charge in [0.05, 0.1) is 14.2 Å². The van der Waals surface area contributed by atoms with Gasteiger partial charge in [0.2, 0.25) is 0 Å². The van der Waals surface area contributed by atoms with Crippen LogP contribution in [-0.4, -0.2) is 44.7 Å². The maximum Gasteiger partial charge on any atom is 0.342 e. The van der Waals surface area contributed by atoms with Crippen molar-refractivity contribution >= 4 is 29.4 Å². The van der Waals surface area contributed by atoms with E-state index in [2.05, 4.69) is 5.32 Å². The predicted octanol–water partition coefficient (Wildman–Crippen LogP) is 2.41. The van der Waals surface area contributed by atoms with Crippen LogP contribution < -0.4 is 10.1 Å². The van der Waals surface area contributed by atoms with Gasteiger partial charge in [-0.1, -0.05) is 41.9 Å². The number of carbonyl (C=O) groups is 3. The second kappa shape index (κ2) is 10.3. The average Bonchev–Trinajstić information content (AvgIpc) is 2.71. The third kappa shape index (κ3) is 5.99. The Morgan fingerprint density at radius 2 is 1.79 bits per heavy atom. The largest absolute Gasteiger partial charge is 0.496 e. The van der Waals surface area contributed by atoms with Gasteiger partial charge in [0.15, 0.2) is 6.61 Å². The molecule has 0 unspecified atom stereocenters. The highest BCUT2D eigenvalue weighted by Gasteiger charge is 2.23. The van der Waals surface area contributed by atoms with Gasteiger partial charge in [0, 0.05) is 11.4 Å². The molecule has 0 aliphatic carbocycles. The molecule has 1 amide bonds. The van der Waals surface area contributed by atoms with Crippen LogP contribution in [-0.2, 0) is 25.5 Å². The zero-order chi connectivity index (χ0) is 20.5. The van der Waals surface area contributed by atoms with Crippen molar-refractivity contribution in [3.05, 3.63) is 64.7 Å². The summed E-state index contributed by atoms with van der Waals surface area (Å²) in [4.78, 5) is 36.3. The molecule has 0 bridgehead atoms. The SMILES string of the molecule is COC(=O)[C@H](Cc1ccccc1)NC(=O)COC(=O)c1cc(Cl)ccc1OC. The molecule has 2 rings (SSSR count). The lowest BCUT2D eigenvalue weighted by Gasteiger charge is -2.17. The summed E-state index contributed by atoms with van der Waals surface area (Å²) in [6, 6.07) is 12.7. The molecule has 0 fully saturated rings. The van der Waals surface area contributed by atoms with Crippen LogP contribution >= 0.6 is 11.6 Å². The van der Waals surface area contributed by atoms with Crippen molar-refractivity contribution in [1.82, 2.24) is 5.32 Å². The van der Waals surface area contributed by atoms with E-state index in [9.17, 15) is 14.4 Å². The number of halogens is 1. The zero-order valence-electron chi connectivity index (χ0n) is 15.4. The number of nitrogens with one attached hydrogen (secondary N) is 1. The highest BCUT2D eigenvalue weighted by atomic mass is 35.5. The highest BCUT2D eigenvalue weighted by molar-refractivity contribution is 6.31. The Morgan fingerprint density at radius 1 is 1.07 bits per heavy atom. The second-order valence-electron chi connectivity index (χ2n) is 5.75. The number of rotatable bonds is 8. The molecular formula is C20H20ClNO6. The van der Waals surface area contributed by atoms with Crippen molar-refractivity contribution in [2.45, 2.75) is 12.5 Å². The lowest BCUT2D eigenvalue weighted by molar-refractivity contribution is -0.145. The average molecular weight is 406 g/mol. The summed E-state index contributed by atoms with van der Waals surface area (Å²) in [6.07, 6.45) is 0.245.